The molecule has 1 aromatic carbocycles. The van der Waals surface area contributed by atoms with Crippen LogP contribution >= 0.6 is 0 Å². The zero-order valence-electron chi connectivity index (χ0n) is 7.46. The van der Waals surface area contributed by atoms with Crippen LogP contribution in [-0.2, 0) is 0 Å². The van der Waals surface area contributed by atoms with E-state index in [0.717, 1.165) is 21.4 Å². The Hall–Kier alpha value is -0.633. The lowest BCUT2D eigenvalue weighted by Gasteiger charge is -2.08. The molecular formula is C9H13FSi. The second kappa shape index (κ2) is 2.78. The van der Waals surface area contributed by atoms with E-state index in [4.69, 9.17) is 0 Å². The molecule has 0 nitrogen and oxygen atoms in total. The highest BCUT2D eigenvalue weighted by Crippen LogP contribution is 2.09. The van der Waals surface area contributed by atoms with Crippen LogP contribution < -0.4 is 5.19 Å². The highest BCUT2D eigenvalue weighted by Gasteiger charge is 2.04. The third-order valence-electron chi connectivity index (χ3n) is 2.42. The van der Waals surface area contributed by atoms with Crippen molar-refractivity contribution >= 4 is 15.4 Å². The fraction of sp³-hybridized carbons (Fsp3) is 0.333. The Balaban J connectivity index is 3.46. The maximum absolute atomic E-state index is 13.0. The zero-order valence-corrected chi connectivity index (χ0v) is 9.46. The molecule has 0 saturated heterocycles. The van der Waals surface area contributed by atoms with Crippen LogP contribution in [-0.4, -0.2) is 10.2 Å². The molecule has 0 unspecified atom stereocenters. The van der Waals surface area contributed by atoms with Crippen molar-refractivity contribution in [3.8, 4) is 0 Å². The van der Waals surface area contributed by atoms with E-state index in [2.05, 4.69) is 6.92 Å². The van der Waals surface area contributed by atoms with Gasteiger partial charge in [0.15, 0.2) is 0 Å². The Labute approximate surface area is 69.9 Å². The Kier molecular flexibility index (Phi) is 2.14. The van der Waals surface area contributed by atoms with Crippen LogP contribution in [0.4, 0.5) is 4.39 Å². The van der Waals surface area contributed by atoms with E-state index in [0.29, 0.717) is 0 Å². The molecule has 0 saturated carbocycles. The minimum absolute atomic E-state index is 0.0573. The molecule has 11 heavy (non-hydrogen) atoms. The minimum atomic E-state index is -0.0573. The molecule has 0 bridgehead atoms. The zero-order chi connectivity index (χ0) is 8.59. The first kappa shape index (κ1) is 8.46. The summed E-state index contributed by atoms with van der Waals surface area (Å²) in [6.45, 7) is 5.87. The van der Waals surface area contributed by atoms with E-state index in [1.165, 1.54) is 10.8 Å². The van der Waals surface area contributed by atoms with E-state index in [1.807, 2.05) is 13.8 Å². The summed E-state index contributed by atoms with van der Waals surface area (Å²) in [7, 11) is 0.936. The van der Waals surface area contributed by atoms with Gasteiger partial charge in [0.05, 0.1) is 0 Å². The van der Waals surface area contributed by atoms with Gasteiger partial charge < -0.3 is 0 Å². The molecule has 2 heteroatoms. The van der Waals surface area contributed by atoms with E-state index in [1.54, 1.807) is 6.07 Å². The summed E-state index contributed by atoms with van der Waals surface area (Å²) in [5.74, 6) is -0.0573. The first-order valence-electron chi connectivity index (χ1n) is 3.77. The smallest absolute Gasteiger partial charge is 0.126 e. The summed E-state index contributed by atoms with van der Waals surface area (Å²) in [6, 6.07) is 1.62. The fourth-order valence-electron chi connectivity index (χ4n) is 1.16. The van der Waals surface area contributed by atoms with Crippen molar-refractivity contribution in [2.75, 3.05) is 0 Å². The first-order valence-corrected chi connectivity index (χ1v) is 4.77. The number of benzene rings is 1. The van der Waals surface area contributed by atoms with Crippen molar-refractivity contribution in [1.82, 2.24) is 0 Å². The van der Waals surface area contributed by atoms with Crippen molar-refractivity contribution in [3.63, 3.8) is 0 Å². The third kappa shape index (κ3) is 1.36. The monoisotopic (exact) mass is 168 g/mol. The lowest BCUT2D eigenvalue weighted by atomic mass is 10.1. The molecule has 0 aliphatic carbocycles. The molecule has 0 fully saturated rings. The Bertz CT molecular complexity index is 266. The van der Waals surface area contributed by atoms with Gasteiger partial charge >= 0.3 is 0 Å². The summed E-state index contributed by atoms with van der Waals surface area (Å²) in [6.07, 6.45) is 0. The van der Waals surface area contributed by atoms with Gasteiger partial charge in [-0.05, 0) is 43.5 Å². The molecule has 0 radical (unpaired) electrons. The maximum atomic E-state index is 13.0. The molecular weight excluding hydrogens is 155 g/mol. The van der Waals surface area contributed by atoms with Crippen LogP contribution in [0.1, 0.15) is 16.7 Å². The third-order valence-corrected chi connectivity index (χ3v) is 3.92. The second-order valence-corrected chi connectivity index (χ2v) is 4.05. The lowest BCUT2D eigenvalue weighted by molar-refractivity contribution is 0.618. The number of aryl methyl sites for hydroxylation is 1. The average molecular weight is 168 g/mol. The molecule has 0 aliphatic rings. The topological polar surface area (TPSA) is 0 Å². The van der Waals surface area contributed by atoms with Crippen molar-refractivity contribution < 1.29 is 4.39 Å². The molecule has 0 amide bonds. The Morgan fingerprint density at radius 3 is 2.27 bits per heavy atom. The highest BCUT2D eigenvalue weighted by molar-refractivity contribution is 6.34. The highest BCUT2D eigenvalue weighted by atomic mass is 28.1. The largest absolute Gasteiger partial charge is 0.207 e. The summed E-state index contributed by atoms with van der Waals surface area (Å²) in [4.78, 5) is 0. The molecule has 0 heterocycles. The maximum Gasteiger partial charge on any atom is 0.126 e. The molecule has 1 rings (SSSR count). The van der Waals surface area contributed by atoms with Crippen molar-refractivity contribution in [1.29, 1.82) is 0 Å². The second-order valence-electron chi connectivity index (χ2n) is 3.05. The van der Waals surface area contributed by atoms with Gasteiger partial charge in [0.1, 0.15) is 5.82 Å². The van der Waals surface area contributed by atoms with Gasteiger partial charge in [-0.2, -0.15) is 0 Å². The van der Waals surface area contributed by atoms with Crippen LogP contribution in [0.25, 0.3) is 0 Å². The normalized spacial score (nSPS) is 10.5. The average Bonchev–Trinajstić information content (AvgIpc) is 1.97. The van der Waals surface area contributed by atoms with Crippen LogP contribution in [0, 0.1) is 26.6 Å². The molecule has 0 aliphatic heterocycles. The van der Waals surface area contributed by atoms with E-state index in [9.17, 15) is 4.39 Å². The van der Waals surface area contributed by atoms with Gasteiger partial charge in [-0.1, -0.05) is 5.19 Å². The number of rotatable bonds is 0. The Morgan fingerprint density at radius 2 is 1.73 bits per heavy atom. The number of hydrogen-bond donors (Lipinski definition) is 0. The quantitative estimate of drug-likeness (QED) is 0.501. The molecule has 0 N–H and O–H groups in total. The SMILES string of the molecule is Cc1cc(F)c(C)c([SiH3])c1C. The predicted octanol–water partition coefficient (Wildman–Crippen LogP) is 0.742. The molecule has 1 aromatic rings. The molecule has 0 atom stereocenters. The van der Waals surface area contributed by atoms with Crippen molar-refractivity contribution in [3.05, 3.63) is 28.6 Å². The van der Waals surface area contributed by atoms with Gasteiger partial charge in [-0.25, -0.2) is 4.39 Å². The number of hydrogen-bond acceptors (Lipinski definition) is 0. The number of halogens is 1. The summed E-state index contributed by atoms with van der Waals surface area (Å²) < 4.78 is 13.0. The summed E-state index contributed by atoms with van der Waals surface area (Å²) >= 11 is 0. The minimum Gasteiger partial charge on any atom is -0.207 e. The first-order chi connectivity index (χ1) is 5.04. The predicted molar refractivity (Wildman–Crippen MR) is 50.2 cm³/mol. The van der Waals surface area contributed by atoms with Gasteiger partial charge in [-0.15, -0.1) is 0 Å². The van der Waals surface area contributed by atoms with E-state index in [-0.39, 0.29) is 5.82 Å². The van der Waals surface area contributed by atoms with Crippen molar-refractivity contribution in [2.24, 2.45) is 0 Å². The van der Waals surface area contributed by atoms with Gasteiger partial charge in [-0.3, -0.25) is 0 Å². The fourth-order valence-corrected chi connectivity index (χ4v) is 1.80. The molecule has 0 spiro atoms. The van der Waals surface area contributed by atoms with Crippen LogP contribution in [0.15, 0.2) is 6.07 Å². The van der Waals surface area contributed by atoms with Gasteiger partial charge in [0.25, 0.3) is 0 Å². The summed E-state index contributed by atoms with van der Waals surface area (Å²) in [5, 5.41) is 1.21. The van der Waals surface area contributed by atoms with Gasteiger partial charge in [0, 0.05) is 10.2 Å². The van der Waals surface area contributed by atoms with Crippen LogP contribution in [0.5, 0.6) is 0 Å². The van der Waals surface area contributed by atoms with Crippen molar-refractivity contribution in [2.45, 2.75) is 20.8 Å². The van der Waals surface area contributed by atoms with E-state index >= 15 is 0 Å². The Morgan fingerprint density at radius 1 is 1.18 bits per heavy atom. The standard InChI is InChI=1S/C9H13FSi/c1-5-4-8(10)7(3)9(11)6(5)2/h4H,1-3,11H3. The lowest BCUT2D eigenvalue weighted by Crippen LogP contribution is -2.15. The van der Waals surface area contributed by atoms with Crippen LogP contribution in [0.3, 0.4) is 0 Å². The molecule has 60 valence electrons. The van der Waals surface area contributed by atoms with E-state index < -0.39 is 0 Å². The summed E-state index contributed by atoms with van der Waals surface area (Å²) in [5.41, 5.74) is 3.16. The van der Waals surface area contributed by atoms with Crippen LogP contribution in [0.2, 0.25) is 0 Å². The van der Waals surface area contributed by atoms with Gasteiger partial charge in [0.2, 0.25) is 0 Å². The molecule has 0 aromatic heterocycles.